The fourth-order valence-corrected chi connectivity index (χ4v) is 3.06. The molecule has 3 rings (SSSR count). The summed E-state index contributed by atoms with van der Waals surface area (Å²) >= 11 is 1.41. The zero-order chi connectivity index (χ0) is 13.4. The summed E-state index contributed by atoms with van der Waals surface area (Å²) in [7, 11) is 1.80. The summed E-state index contributed by atoms with van der Waals surface area (Å²) in [6, 6.07) is 1.77. The molecule has 1 fully saturated rings. The molecule has 1 saturated heterocycles. The number of likely N-dealkylation sites (tertiary alicyclic amines) is 1. The summed E-state index contributed by atoms with van der Waals surface area (Å²) in [5.41, 5.74) is 7.05. The molecule has 3 heterocycles. The van der Waals surface area contributed by atoms with Gasteiger partial charge in [0, 0.05) is 25.2 Å². The first-order chi connectivity index (χ1) is 9.15. The Balaban J connectivity index is 1.85. The highest BCUT2D eigenvalue weighted by Crippen LogP contribution is 2.33. The molecule has 2 aromatic rings. The van der Waals surface area contributed by atoms with Gasteiger partial charge in [-0.3, -0.25) is 9.48 Å². The van der Waals surface area contributed by atoms with Gasteiger partial charge in [-0.05, 0) is 18.9 Å². The van der Waals surface area contributed by atoms with Crippen LogP contribution in [0.25, 0.3) is 0 Å². The number of aryl methyl sites for hydroxylation is 1. The van der Waals surface area contributed by atoms with Gasteiger partial charge in [0.15, 0.2) is 5.13 Å². The minimum Gasteiger partial charge on any atom is -0.375 e. The number of hydrogen-bond acceptors (Lipinski definition) is 5. The zero-order valence-corrected chi connectivity index (χ0v) is 11.4. The normalized spacial score (nSPS) is 19.0. The van der Waals surface area contributed by atoms with Crippen molar-refractivity contribution in [3.8, 4) is 0 Å². The average Bonchev–Trinajstić information content (AvgIpc) is 3.07. The van der Waals surface area contributed by atoms with Gasteiger partial charge in [0.1, 0.15) is 5.69 Å². The maximum Gasteiger partial charge on any atom is 0.274 e. The van der Waals surface area contributed by atoms with Crippen LogP contribution in [0.2, 0.25) is 0 Å². The molecule has 0 aromatic carbocycles. The lowest BCUT2D eigenvalue weighted by Crippen LogP contribution is -2.31. The van der Waals surface area contributed by atoms with E-state index < -0.39 is 0 Å². The molecule has 0 bridgehead atoms. The number of rotatable bonds is 2. The SMILES string of the molecule is Cn1ccc(C(=O)N2CCC[C@@H]2c2csc(N)n2)n1. The molecule has 1 atom stereocenters. The quantitative estimate of drug-likeness (QED) is 0.901. The molecule has 6 nitrogen and oxygen atoms in total. The fourth-order valence-electron chi connectivity index (χ4n) is 2.45. The third kappa shape index (κ3) is 2.21. The Morgan fingerprint density at radius 1 is 1.58 bits per heavy atom. The molecule has 2 N–H and O–H groups in total. The number of anilines is 1. The summed E-state index contributed by atoms with van der Waals surface area (Å²) in [6.45, 7) is 0.748. The Kier molecular flexibility index (Phi) is 2.98. The molecule has 19 heavy (non-hydrogen) atoms. The molecule has 100 valence electrons. The first-order valence-electron chi connectivity index (χ1n) is 6.16. The van der Waals surface area contributed by atoms with Crippen LogP contribution in [0.1, 0.15) is 35.1 Å². The summed E-state index contributed by atoms with van der Waals surface area (Å²) in [4.78, 5) is 18.6. The van der Waals surface area contributed by atoms with Crippen LogP contribution in [0.3, 0.4) is 0 Å². The monoisotopic (exact) mass is 277 g/mol. The smallest absolute Gasteiger partial charge is 0.274 e. The molecule has 0 radical (unpaired) electrons. The minimum atomic E-state index is -0.0327. The van der Waals surface area contributed by atoms with Crippen LogP contribution in [0.4, 0.5) is 5.13 Å². The van der Waals surface area contributed by atoms with Gasteiger partial charge in [-0.15, -0.1) is 11.3 Å². The summed E-state index contributed by atoms with van der Waals surface area (Å²) < 4.78 is 1.64. The highest BCUT2D eigenvalue weighted by atomic mass is 32.1. The lowest BCUT2D eigenvalue weighted by atomic mass is 10.1. The molecule has 7 heteroatoms. The van der Waals surface area contributed by atoms with Crippen LogP contribution in [0, 0.1) is 0 Å². The van der Waals surface area contributed by atoms with Crippen LogP contribution in [-0.2, 0) is 7.05 Å². The van der Waals surface area contributed by atoms with Crippen LogP contribution >= 0.6 is 11.3 Å². The molecule has 2 aromatic heterocycles. The topological polar surface area (TPSA) is 77.0 Å². The van der Waals surface area contributed by atoms with Crippen molar-refractivity contribution >= 4 is 22.4 Å². The largest absolute Gasteiger partial charge is 0.375 e. The van der Waals surface area contributed by atoms with Crippen LogP contribution in [-0.4, -0.2) is 32.1 Å². The summed E-state index contributed by atoms with van der Waals surface area (Å²) in [5, 5.41) is 6.65. The number of thiazole rings is 1. The van der Waals surface area contributed by atoms with Crippen molar-refractivity contribution < 1.29 is 4.79 Å². The lowest BCUT2D eigenvalue weighted by Gasteiger charge is -2.22. The molecular weight excluding hydrogens is 262 g/mol. The number of nitrogens with zero attached hydrogens (tertiary/aromatic N) is 4. The Morgan fingerprint density at radius 3 is 3.05 bits per heavy atom. The van der Waals surface area contributed by atoms with Crippen LogP contribution < -0.4 is 5.73 Å². The van der Waals surface area contributed by atoms with E-state index in [9.17, 15) is 4.79 Å². The van der Waals surface area contributed by atoms with Crippen molar-refractivity contribution in [2.75, 3.05) is 12.3 Å². The molecular formula is C12H15N5OS. The first-order valence-corrected chi connectivity index (χ1v) is 7.04. The predicted molar refractivity (Wildman–Crippen MR) is 72.7 cm³/mol. The third-order valence-corrected chi connectivity index (χ3v) is 4.02. The number of aromatic nitrogens is 3. The van der Waals surface area contributed by atoms with E-state index in [1.165, 1.54) is 11.3 Å². The van der Waals surface area contributed by atoms with Gasteiger partial charge in [0.25, 0.3) is 5.91 Å². The Bertz CT molecular complexity index is 605. The van der Waals surface area contributed by atoms with Crippen molar-refractivity contribution in [2.24, 2.45) is 7.05 Å². The van der Waals surface area contributed by atoms with Crippen molar-refractivity contribution in [1.82, 2.24) is 19.7 Å². The van der Waals surface area contributed by atoms with Gasteiger partial charge in [0.05, 0.1) is 11.7 Å². The van der Waals surface area contributed by atoms with E-state index in [4.69, 9.17) is 5.73 Å². The number of carbonyl (C=O) groups excluding carboxylic acids is 1. The maximum absolute atomic E-state index is 12.4. The van der Waals surface area contributed by atoms with Crippen molar-refractivity contribution in [3.63, 3.8) is 0 Å². The van der Waals surface area contributed by atoms with Gasteiger partial charge in [0.2, 0.25) is 0 Å². The van der Waals surface area contributed by atoms with E-state index in [1.807, 2.05) is 10.3 Å². The van der Waals surface area contributed by atoms with Crippen molar-refractivity contribution in [3.05, 3.63) is 29.0 Å². The summed E-state index contributed by atoms with van der Waals surface area (Å²) in [5.74, 6) is -0.0327. The number of nitrogen functional groups attached to an aromatic ring is 1. The van der Waals surface area contributed by atoms with Crippen LogP contribution in [0.5, 0.6) is 0 Å². The van der Waals surface area contributed by atoms with E-state index in [1.54, 1.807) is 24.0 Å². The van der Waals surface area contributed by atoms with E-state index in [2.05, 4.69) is 10.1 Å². The lowest BCUT2D eigenvalue weighted by molar-refractivity contribution is 0.0726. The van der Waals surface area contributed by atoms with Gasteiger partial charge >= 0.3 is 0 Å². The van der Waals surface area contributed by atoms with Gasteiger partial charge in [-0.25, -0.2) is 4.98 Å². The van der Waals surface area contributed by atoms with Crippen LogP contribution in [0.15, 0.2) is 17.6 Å². The zero-order valence-electron chi connectivity index (χ0n) is 10.6. The number of nitrogens with two attached hydrogens (primary N) is 1. The Morgan fingerprint density at radius 2 is 2.42 bits per heavy atom. The number of carbonyl (C=O) groups is 1. The fraction of sp³-hybridized carbons (Fsp3) is 0.417. The molecule has 0 unspecified atom stereocenters. The average molecular weight is 277 g/mol. The second kappa shape index (κ2) is 4.65. The van der Waals surface area contributed by atoms with Gasteiger partial charge in [-0.1, -0.05) is 0 Å². The summed E-state index contributed by atoms with van der Waals surface area (Å²) in [6.07, 6.45) is 3.70. The predicted octanol–water partition coefficient (Wildman–Crippen LogP) is 1.44. The molecule has 1 aliphatic heterocycles. The number of hydrogen-bond donors (Lipinski definition) is 1. The van der Waals surface area contributed by atoms with E-state index in [0.717, 1.165) is 25.1 Å². The molecule has 0 aliphatic carbocycles. The van der Waals surface area contributed by atoms with Gasteiger partial charge in [-0.2, -0.15) is 5.10 Å². The molecule has 1 aliphatic rings. The Hall–Kier alpha value is -1.89. The highest BCUT2D eigenvalue weighted by molar-refractivity contribution is 7.13. The van der Waals surface area contributed by atoms with Gasteiger partial charge < -0.3 is 10.6 Å². The van der Waals surface area contributed by atoms with E-state index >= 15 is 0 Å². The standard InChI is InChI=1S/C12H15N5OS/c1-16-6-4-8(15-16)11(18)17-5-2-3-10(17)9-7-19-12(13)14-9/h4,6-7,10H,2-3,5H2,1H3,(H2,13,14)/t10-/m1/s1. The van der Waals surface area contributed by atoms with Crippen molar-refractivity contribution in [1.29, 1.82) is 0 Å². The van der Waals surface area contributed by atoms with E-state index in [0.29, 0.717) is 10.8 Å². The minimum absolute atomic E-state index is 0.0306. The van der Waals surface area contributed by atoms with E-state index in [-0.39, 0.29) is 11.9 Å². The second-order valence-corrected chi connectivity index (χ2v) is 5.53. The Labute approximate surface area is 114 Å². The number of amides is 1. The third-order valence-electron chi connectivity index (χ3n) is 3.33. The maximum atomic E-state index is 12.4. The first kappa shape index (κ1) is 12.2. The molecule has 0 spiro atoms. The highest BCUT2D eigenvalue weighted by Gasteiger charge is 2.32. The van der Waals surface area contributed by atoms with Crippen molar-refractivity contribution in [2.45, 2.75) is 18.9 Å². The molecule has 1 amide bonds. The second-order valence-electron chi connectivity index (χ2n) is 4.64. The molecule has 0 saturated carbocycles.